The zero-order valence-corrected chi connectivity index (χ0v) is 12.9. The summed E-state index contributed by atoms with van der Waals surface area (Å²) < 4.78 is 0. The second-order valence-electron chi connectivity index (χ2n) is 5.00. The minimum absolute atomic E-state index is 0.879. The highest BCUT2D eigenvalue weighted by molar-refractivity contribution is 6.13. The summed E-state index contributed by atoms with van der Waals surface area (Å²) in [6.07, 6.45) is 0.960. The summed E-state index contributed by atoms with van der Waals surface area (Å²) in [4.78, 5) is 5.07. The van der Waals surface area contributed by atoms with Gasteiger partial charge in [-0.2, -0.15) is 0 Å². The number of hydrogen-bond donors (Lipinski definition) is 1. The van der Waals surface area contributed by atoms with Crippen molar-refractivity contribution in [2.45, 2.75) is 13.3 Å². The van der Waals surface area contributed by atoms with Crippen molar-refractivity contribution in [1.29, 1.82) is 0 Å². The van der Waals surface area contributed by atoms with Crippen LogP contribution in [0.5, 0.6) is 0 Å². The molecular weight excluding hydrogens is 260 g/mol. The SMILES string of the molecule is CNCCc1ccccc1/C(=N\OC)c1ccc(C)cc1. The first-order chi connectivity index (χ1) is 10.3. The highest BCUT2D eigenvalue weighted by Crippen LogP contribution is 2.17. The summed E-state index contributed by atoms with van der Waals surface area (Å²) in [7, 11) is 3.55. The van der Waals surface area contributed by atoms with E-state index in [1.807, 2.05) is 13.1 Å². The maximum atomic E-state index is 5.07. The molecule has 2 rings (SSSR count). The third-order valence-electron chi connectivity index (χ3n) is 3.42. The minimum Gasteiger partial charge on any atom is -0.399 e. The van der Waals surface area contributed by atoms with Crippen LogP contribution in [0.15, 0.2) is 53.7 Å². The van der Waals surface area contributed by atoms with Crippen molar-refractivity contribution >= 4 is 5.71 Å². The van der Waals surface area contributed by atoms with Crippen molar-refractivity contribution in [2.24, 2.45) is 5.16 Å². The van der Waals surface area contributed by atoms with Crippen molar-refractivity contribution < 1.29 is 4.84 Å². The Morgan fingerprint density at radius 1 is 1.10 bits per heavy atom. The molecule has 0 bridgehead atoms. The first-order valence-electron chi connectivity index (χ1n) is 7.17. The van der Waals surface area contributed by atoms with E-state index >= 15 is 0 Å². The fraction of sp³-hybridized carbons (Fsp3) is 0.278. The Labute approximate surface area is 126 Å². The number of aryl methyl sites for hydroxylation is 1. The summed E-state index contributed by atoms with van der Waals surface area (Å²) in [6.45, 7) is 3.02. The van der Waals surface area contributed by atoms with Crippen LogP contribution in [0.1, 0.15) is 22.3 Å². The van der Waals surface area contributed by atoms with E-state index in [9.17, 15) is 0 Å². The van der Waals surface area contributed by atoms with Gasteiger partial charge in [-0.05, 0) is 32.5 Å². The van der Waals surface area contributed by atoms with Crippen molar-refractivity contribution in [1.82, 2.24) is 5.32 Å². The number of oxime groups is 1. The molecule has 2 aromatic rings. The van der Waals surface area contributed by atoms with Gasteiger partial charge >= 0.3 is 0 Å². The quantitative estimate of drug-likeness (QED) is 0.652. The third kappa shape index (κ3) is 3.92. The summed E-state index contributed by atoms with van der Waals surface area (Å²) in [6, 6.07) is 16.7. The van der Waals surface area contributed by atoms with E-state index in [1.165, 1.54) is 11.1 Å². The van der Waals surface area contributed by atoms with Crippen molar-refractivity contribution in [3.05, 3.63) is 70.8 Å². The monoisotopic (exact) mass is 282 g/mol. The average Bonchev–Trinajstić information content (AvgIpc) is 2.52. The average molecular weight is 282 g/mol. The summed E-state index contributed by atoms with van der Waals surface area (Å²) >= 11 is 0. The van der Waals surface area contributed by atoms with Gasteiger partial charge in [-0.3, -0.25) is 0 Å². The van der Waals surface area contributed by atoms with Gasteiger partial charge < -0.3 is 10.2 Å². The molecule has 0 aromatic heterocycles. The van der Waals surface area contributed by atoms with Gasteiger partial charge in [0.05, 0.1) is 0 Å². The lowest BCUT2D eigenvalue weighted by molar-refractivity contribution is 0.214. The highest BCUT2D eigenvalue weighted by Gasteiger charge is 2.12. The number of rotatable bonds is 6. The van der Waals surface area contributed by atoms with Crippen molar-refractivity contribution in [3.8, 4) is 0 Å². The maximum Gasteiger partial charge on any atom is 0.117 e. The molecule has 0 amide bonds. The number of nitrogens with one attached hydrogen (secondary N) is 1. The van der Waals surface area contributed by atoms with Crippen LogP contribution in [0.3, 0.4) is 0 Å². The second-order valence-corrected chi connectivity index (χ2v) is 5.00. The van der Waals surface area contributed by atoms with Gasteiger partial charge in [-0.1, -0.05) is 59.3 Å². The summed E-state index contributed by atoms with van der Waals surface area (Å²) in [5.41, 5.74) is 5.57. The Morgan fingerprint density at radius 3 is 2.48 bits per heavy atom. The molecule has 3 heteroatoms. The lowest BCUT2D eigenvalue weighted by Gasteiger charge is -2.12. The van der Waals surface area contributed by atoms with E-state index in [1.54, 1.807) is 7.11 Å². The lowest BCUT2D eigenvalue weighted by Crippen LogP contribution is -2.14. The molecular formula is C18H22N2O. The van der Waals surface area contributed by atoms with Crippen LogP contribution >= 0.6 is 0 Å². The smallest absolute Gasteiger partial charge is 0.117 e. The second kappa shape index (κ2) is 7.60. The van der Waals surface area contributed by atoms with Crippen LogP contribution in [-0.2, 0) is 11.3 Å². The van der Waals surface area contributed by atoms with E-state index in [2.05, 4.69) is 59.9 Å². The van der Waals surface area contributed by atoms with E-state index in [-0.39, 0.29) is 0 Å². The zero-order chi connectivity index (χ0) is 15.1. The Balaban J connectivity index is 2.43. The van der Waals surface area contributed by atoms with Crippen LogP contribution in [0, 0.1) is 6.92 Å². The molecule has 0 radical (unpaired) electrons. The normalized spacial score (nSPS) is 11.5. The van der Waals surface area contributed by atoms with E-state index < -0.39 is 0 Å². The standard InChI is InChI=1S/C18H22N2O/c1-14-8-10-16(11-9-14)18(20-21-3)17-7-5-4-6-15(17)12-13-19-2/h4-11,19H,12-13H2,1-3H3/b20-18-. The number of likely N-dealkylation sites (N-methyl/N-ethyl adjacent to an activating group) is 1. The molecule has 2 aromatic carbocycles. The zero-order valence-electron chi connectivity index (χ0n) is 12.9. The summed E-state index contributed by atoms with van der Waals surface area (Å²) in [5.74, 6) is 0. The molecule has 0 heterocycles. The Hall–Kier alpha value is -2.13. The van der Waals surface area contributed by atoms with E-state index in [0.717, 1.165) is 29.8 Å². The maximum absolute atomic E-state index is 5.07. The molecule has 0 saturated heterocycles. The topological polar surface area (TPSA) is 33.6 Å². The number of hydrogen-bond acceptors (Lipinski definition) is 3. The lowest BCUT2D eigenvalue weighted by atomic mass is 9.95. The van der Waals surface area contributed by atoms with Gasteiger partial charge in [-0.25, -0.2) is 0 Å². The van der Waals surface area contributed by atoms with Crippen molar-refractivity contribution in [2.75, 3.05) is 20.7 Å². The summed E-state index contributed by atoms with van der Waals surface area (Å²) in [5, 5.41) is 7.45. The van der Waals surface area contributed by atoms with Crippen molar-refractivity contribution in [3.63, 3.8) is 0 Å². The Morgan fingerprint density at radius 2 is 1.81 bits per heavy atom. The minimum atomic E-state index is 0.879. The Bertz CT molecular complexity index is 603. The van der Waals surface area contributed by atoms with Crippen LogP contribution in [0.25, 0.3) is 0 Å². The van der Waals surface area contributed by atoms with E-state index in [4.69, 9.17) is 4.84 Å². The predicted molar refractivity (Wildman–Crippen MR) is 87.9 cm³/mol. The van der Waals surface area contributed by atoms with Crippen LogP contribution in [-0.4, -0.2) is 26.4 Å². The highest BCUT2D eigenvalue weighted by atomic mass is 16.6. The first-order valence-corrected chi connectivity index (χ1v) is 7.17. The fourth-order valence-corrected chi connectivity index (χ4v) is 2.29. The Kier molecular flexibility index (Phi) is 5.52. The van der Waals surface area contributed by atoms with Gasteiger partial charge in [-0.15, -0.1) is 0 Å². The van der Waals surface area contributed by atoms with Gasteiger partial charge in [0, 0.05) is 11.1 Å². The number of benzene rings is 2. The van der Waals surface area contributed by atoms with Crippen LogP contribution in [0.4, 0.5) is 0 Å². The van der Waals surface area contributed by atoms with Crippen LogP contribution < -0.4 is 5.32 Å². The van der Waals surface area contributed by atoms with Crippen LogP contribution in [0.2, 0.25) is 0 Å². The van der Waals surface area contributed by atoms with Gasteiger partial charge in [0.25, 0.3) is 0 Å². The molecule has 0 atom stereocenters. The molecule has 3 nitrogen and oxygen atoms in total. The molecule has 0 aliphatic carbocycles. The van der Waals surface area contributed by atoms with E-state index in [0.29, 0.717) is 0 Å². The van der Waals surface area contributed by atoms with Gasteiger partial charge in [0.2, 0.25) is 0 Å². The van der Waals surface area contributed by atoms with Gasteiger partial charge in [0.1, 0.15) is 12.8 Å². The molecule has 0 saturated carbocycles. The fourth-order valence-electron chi connectivity index (χ4n) is 2.29. The largest absolute Gasteiger partial charge is 0.399 e. The van der Waals surface area contributed by atoms with Gasteiger partial charge in [0.15, 0.2) is 0 Å². The molecule has 0 aliphatic heterocycles. The first kappa shape index (κ1) is 15.3. The molecule has 110 valence electrons. The molecule has 0 spiro atoms. The number of nitrogens with zero attached hydrogens (tertiary/aromatic N) is 1. The predicted octanol–water partition coefficient (Wildman–Crippen LogP) is 3.16. The molecule has 0 aliphatic rings. The molecule has 0 unspecified atom stereocenters. The molecule has 1 N–H and O–H groups in total. The molecule has 21 heavy (non-hydrogen) atoms. The third-order valence-corrected chi connectivity index (χ3v) is 3.42. The molecule has 0 fully saturated rings.